The molecule has 0 aliphatic heterocycles. The standard InChI is InChI=1S/C13H25Cl4N3Si2/c1-12(2,3)19-8-11(21(14,15)9-18-7)22(16,17)10-20-13(4,5)6/h8-11H,1-7H3. The SMILES string of the molecule is CN=C[Si](Cl)(Cl)C(C=NC(C)(C)C)[Si](Cl)(Cl)C=NC(C)(C)C. The molecule has 0 saturated heterocycles. The summed E-state index contributed by atoms with van der Waals surface area (Å²) in [4.78, 5) is 12.9. The Hall–Kier alpha value is 0.604. The molecule has 0 aromatic heterocycles. The second-order valence-electron chi connectivity index (χ2n) is 7.09. The molecule has 3 nitrogen and oxygen atoms in total. The Morgan fingerprint density at radius 2 is 1.18 bits per heavy atom. The van der Waals surface area contributed by atoms with E-state index in [1.807, 2.05) is 41.5 Å². The first-order valence-corrected chi connectivity index (χ1v) is 15.3. The molecule has 0 aromatic rings. The lowest BCUT2D eigenvalue weighted by molar-refractivity contribution is 0.585. The molecule has 0 fully saturated rings. The second-order valence-corrected chi connectivity index (χ2v) is 20.8. The molecule has 0 N–H and O–H groups in total. The average Bonchev–Trinajstić information content (AvgIpc) is 2.23. The summed E-state index contributed by atoms with van der Waals surface area (Å²) < 4.78 is 0. The normalized spacial score (nSPS) is 17.0. The van der Waals surface area contributed by atoms with Gasteiger partial charge < -0.3 is 4.99 Å². The van der Waals surface area contributed by atoms with Crippen LogP contribution < -0.4 is 0 Å². The number of rotatable bonds is 5. The summed E-state index contributed by atoms with van der Waals surface area (Å²) in [7, 11) is 1.62. The van der Waals surface area contributed by atoms with Crippen LogP contribution in [0.1, 0.15) is 41.5 Å². The van der Waals surface area contributed by atoms with Gasteiger partial charge in [-0.25, -0.2) is 0 Å². The highest BCUT2D eigenvalue weighted by Crippen LogP contribution is 2.39. The Balaban J connectivity index is 5.76. The predicted molar refractivity (Wildman–Crippen MR) is 110 cm³/mol. The van der Waals surface area contributed by atoms with Crippen LogP contribution in [-0.2, 0) is 0 Å². The molecule has 0 aliphatic rings. The molecule has 0 radical (unpaired) electrons. The Bertz CT molecular complexity index is 449. The zero-order valence-electron chi connectivity index (χ0n) is 14.2. The fourth-order valence-electron chi connectivity index (χ4n) is 1.37. The molecule has 0 aliphatic carbocycles. The molecule has 1 atom stereocenters. The van der Waals surface area contributed by atoms with Gasteiger partial charge in [0.15, 0.2) is 0 Å². The van der Waals surface area contributed by atoms with Gasteiger partial charge in [0, 0.05) is 30.1 Å². The molecule has 0 rings (SSSR count). The van der Waals surface area contributed by atoms with E-state index in [9.17, 15) is 0 Å². The van der Waals surface area contributed by atoms with Gasteiger partial charge in [0.2, 0.25) is 0 Å². The van der Waals surface area contributed by atoms with Gasteiger partial charge in [-0.3, -0.25) is 9.98 Å². The highest BCUT2D eigenvalue weighted by Gasteiger charge is 2.51. The number of hydrogen-bond acceptors (Lipinski definition) is 3. The molecular formula is C13H25Cl4N3Si2. The molecule has 0 saturated carbocycles. The fraction of sp³-hybridized carbons (Fsp3) is 0.769. The third kappa shape index (κ3) is 9.04. The summed E-state index contributed by atoms with van der Waals surface area (Å²) in [6, 6.07) is 0. The minimum atomic E-state index is -3.00. The van der Waals surface area contributed by atoms with E-state index in [1.54, 1.807) is 24.9 Å². The quantitative estimate of drug-likeness (QED) is 0.330. The van der Waals surface area contributed by atoms with Gasteiger partial charge in [-0.1, -0.05) is 0 Å². The Labute approximate surface area is 155 Å². The molecule has 22 heavy (non-hydrogen) atoms. The minimum Gasteiger partial charge on any atom is -0.303 e. The van der Waals surface area contributed by atoms with Crippen LogP contribution in [0, 0.1) is 0 Å². The predicted octanol–water partition coefficient (Wildman–Crippen LogP) is 5.25. The van der Waals surface area contributed by atoms with Gasteiger partial charge in [-0.15, -0.1) is 44.3 Å². The zero-order chi connectivity index (χ0) is 17.8. The Morgan fingerprint density at radius 3 is 1.55 bits per heavy atom. The van der Waals surface area contributed by atoms with E-state index in [2.05, 4.69) is 15.0 Å². The number of halogens is 4. The van der Waals surface area contributed by atoms with E-state index in [0.29, 0.717) is 0 Å². The van der Waals surface area contributed by atoms with E-state index in [0.717, 1.165) is 0 Å². The molecule has 9 heteroatoms. The molecule has 128 valence electrons. The van der Waals surface area contributed by atoms with Crippen LogP contribution in [0.15, 0.2) is 15.0 Å². The maximum absolute atomic E-state index is 6.63. The molecule has 0 aromatic carbocycles. The van der Waals surface area contributed by atoms with Gasteiger partial charge in [0.1, 0.15) is 0 Å². The number of nitrogens with zero attached hydrogens (tertiary/aromatic N) is 3. The van der Waals surface area contributed by atoms with Crippen LogP contribution in [-0.4, -0.2) is 49.4 Å². The minimum absolute atomic E-state index is 0.265. The highest BCUT2D eigenvalue weighted by molar-refractivity contribution is 7.68. The largest absolute Gasteiger partial charge is 0.303 e. The smallest absolute Gasteiger partial charge is 0.299 e. The van der Waals surface area contributed by atoms with Crippen molar-refractivity contribution in [2.24, 2.45) is 15.0 Å². The first kappa shape index (κ1) is 22.6. The molecule has 1 unspecified atom stereocenters. The second kappa shape index (κ2) is 8.12. The molecule has 0 amide bonds. The summed E-state index contributed by atoms with van der Waals surface area (Å²) in [6.45, 7) is 5.90. The van der Waals surface area contributed by atoms with Gasteiger partial charge in [0.25, 0.3) is 13.4 Å². The highest BCUT2D eigenvalue weighted by atomic mass is 35.7. The van der Waals surface area contributed by atoms with Crippen LogP contribution in [0.3, 0.4) is 0 Å². The lowest BCUT2D eigenvalue weighted by Gasteiger charge is -2.29. The van der Waals surface area contributed by atoms with Crippen molar-refractivity contribution in [1.82, 2.24) is 0 Å². The van der Waals surface area contributed by atoms with Gasteiger partial charge in [-0.2, -0.15) is 0 Å². The average molecular weight is 421 g/mol. The maximum Gasteiger partial charge on any atom is 0.299 e. The summed E-state index contributed by atoms with van der Waals surface area (Å²) in [6.07, 6.45) is 1.70. The van der Waals surface area contributed by atoms with Gasteiger partial charge in [-0.05, 0) is 41.5 Å². The van der Waals surface area contributed by atoms with Crippen molar-refractivity contribution in [1.29, 1.82) is 0 Å². The summed E-state index contributed by atoms with van der Waals surface area (Å²) in [5.41, 5.74) is -0.533. The van der Waals surface area contributed by atoms with E-state index >= 15 is 0 Å². The van der Waals surface area contributed by atoms with Crippen LogP contribution in [0.4, 0.5) is 0 Å². The van der Waals surface area contributed by atoms with Crippen LogP contribution in [0.2, 0.25) is 5.16 Å². The zero-order valence-corrected chi connectivity index (χ0v) is 19.2. The lowest BCUT2D eigenvalue weighted by Crippen LogP contribution is -2.46. The van der Waals surface area contributed by atoms with Crippen LogP contribution >= 0.6 is 44.3 Å². The topological polar surface area (TPSA) is 37.1 Å². The van der Waals surface area contributed by atoms with Crippen LogP contribution in [0.5, 0.6) is 0 Å². The fourth-order valence-corrected chi connectivity index (χ4v) is 15.4. The third-order valence-corrected chi connectivity index (χ3v) is 14.3. The van der Waals surface area contributed by atoms with E-state index in [-0.39, 0.29) is 11.1 Å². The van der Waals surface area contributed by atoms with E-state index < -0.39 is 18.6 Å². The Kier molecular flexibility index (Phi) is 8.34. The third-order valence-electron chi connectivity index (χ3n) is 2.37. The van der Waals surface area contributed by atoms with Crippen molar-refractivity contribution in [2.45, 2.75) is 57.8 Å². The molecule has 0 bridgehead atoms. The van der Waals surface area contributed by atoms with Crippen molar-refractivity contribution in [3.8, 4) is 0 Å². The van der Waals surface area contributed by atoms with Gasteiger partial charge >= 0.3 is 0 Å². The van der Waals surface area contributed by atoms with Crippen molar-refractivity contribution in [3.63, 3.8) is 0 Å². The molecule has 0 heterocycles. The summed E-state index contributed by atoms with van der Waals surface area (Å²) in [5, 5.41) is -0.444. The molecule has 0 spiro atoms. The van der Waals surface area contributed by atoms with Gasteiger partial charge in [0.05, 0.1) is 11.1 Å². The monoisotopic (exact) mass is 419 g/mol. The summed E-state index contributed by atoms with van der Waals surface area (Å²) >= 11 is 26.3. The maximum atomic E-state index is 6.63. The van der Waals surface area contributed by atoms with Crippen molar-refractivity contribution < 1.29 is 0 Å². The van der Waals surface area contributed by atoms with Crippen molar-refractivity contribution >= 4 is 75.6 Å². The van der Waals surface area contributed by atoms with Crippen LogP contribution in [0.25, 0.3) is 0 Å². The number of hydrogen-bond donors (Lipinski definition) is 0. The first-order chi connectivity index (χ1) is 9.61. The lowest BCUT2D eigenvalue weighted by atomic mass is 10.1. The summed E-state index contributed by atoms with van der Waals surface area (Å²) in [5.74, 6) is 3.19. The molecular weight excluding hydrogens is 396 g/mol. The van der Waals surface area contributed by atoms with Crippen molar-refractivity contribution in [2.75, 3.05) is 7.05 Å². The first-order valence-electron chi connectivity index (χ1n) is 6.91. The van der Waals surface area contributed by atoms with E-state index in [1.165, 1.54) is 0 Å². The Morgan fingerprint density at radius 1 is 0.773 bits per heavy atom. The van der Waals surface area contributed by atoms with Crippen molar-refractivity contribution in [3.05, 3.63) is 0 Å². The van der Waals surface area contributed by atoms with E-state index in [4.69, 9.17) is 44.3 Å². The number of aliphatic imine (C=N–C) groups is 3.